The van der Waals surface area contributed by atoms with Gasteiger partial charge in [0.15, 0.2) is 0 Å². The van der Waals surface area contributed by atoms with Gasteiger partial charge in [0.25, 0.3) is 0 Å². The van der Waals surface area contributed by atoms with Crippen molar-refractivity contribution in [2.75, 3.05) is 0 Å². The van der Waals surface area contributed by atoms with Crippen LogP contribution in [0.3, 0.4) is 0 Å². The van der Waals surface area contributed by atoms with Crippen molar-refractivity contribution in [3.05, 3.63) is 85.5 Å². The maximum atomic E-state index is 4.06. The molecule has 1 unspecified atom stereocenters. The normalized spacial score (nSPS) is 13.7. The third-order valence-corrected chi connectivity index (χ3v) is 9.83. The summed E-state index contributed by atoms with van der Waals surface area (Å²) in [5.74, 6) is 0. The molecule has 0 saturated heterocycles. The molecule has 0 spiro atoms. The van der Waals surface area contributed by atoms with Crippen molar-refractivity contribution >= 4 is 29.2 Å². The molecule has 0 N–H and O–H groups in total. The van der Waals surface area contributed by atoms with Gasteiger partial charge in [-0.15, -0.1) is 6.58 Å². The van der Waals surface area contributed by atoms with Crippen LogP contribution in [-0.4, -0.2) is 8.07 Å². The Hall–Kier alpha value is -2.12. The lowest BCUT2D eigenvalue weighted by atomic mass is 10.1. The molecule has 110 valence electrons. The Kier molecular flexibility index (Phi) is 4.26. The number of fused-ring (bicyclic) bond motifs is 1. The minimum absolute atomic E-state index is 1.08. The Bertz CT molecular complexity index is 771. The van der Waals surface area contributed by atoms with E-state index in [4.69, 9.17) is 0 Å². The highest BCUT2D eigenvalue weighted by atomic mass is 28.3. The van der Waals surface area contributed by atoms with Crippen molar-refractivity contribution < 1.29 is 0 Å². The molecule has 22 heavy (non-hydrogen) atoms. The highest BCUT2D eigenvalue weighted by Gasteiger charge is 2.35. The summed E-state index contributed by atoms with van der Waals surface area (Å²) < 4.78 is 0. The predicted octanol–water partition coefficient (Wildman–Crippen LogP) is 4.61. The lowest BCUT2D eigenvalue weighted by Gasteiger charge is -2.32. The topological polar surface area (TPSA) is 0 Å². The van der Waals surface area contributed by atoms with E-state index in [1.165, 1.54) is 22.0 Å². The van der Waals surface area contributed by atoms with Crippen LogP contribution in [-0.2, 0) is 0 Å². The monoisotopic (exact) mass is 302 g/mol. The first-order chi connectivity index (χ1) is 10.8. The van der Waals surface area contributed by atoms with Gasteiger partial charge in [-0.1, -0.05) is 97.0 Å². The molecule has 0 aromatic heterocycles. The minimum Gasteiger partial charge on any atom is -0.103 e. The lowest BCUT2D eigenvalue weighted by molar-refractivity contribution is 1.35. The van der Waals surface area contributed by atoms with Gasteiger partial charge < -0.3 is 0 Å². The first-order valence-electron chi connectivity index (χ1n) is 7.96. The van der Waals surface area contributed by atoms with Crippen molar-refractivity contribution in [1.82, 2.24) is 0 Å². The van der Waals surface area contributed by atoms with E-state index in [1.54, 1.807) is 5.19 Å². The minimum atomic E-state index is -1.80. The first kappa shape index (κ1) is 14.8. The third kappa shape index (κ3) is 2.42. The average Bonchev–Trinajstić information content (AvgIpc) is 2.60. The summed E-state index contributed by atoms with van der Waals surface area (Å²) in [6.07, 6.45) is 2.12. The molecule has 3 rings (SSSR count). The Labute approximate surface area is 134 Å². The molecule has 1 atom stereocenters. The van der Waals surface area contributed by atoms with Crippen LogP contribution >= 0.6 is 0 Å². The van der Waals surface area contributed by atoms with E-state index in [0.717, 1.165) is 6.04 Å². The lowest BCUT2D eigenvalue weighted by Crippen LogP contribution is -2.57. The van der Waals surface area contributed by atoms with Gasteiger partial charge >= 0.3 is 0 Å². The SMILES string of the molecule is C=CC[Si](CC)(c1ccccc1)c1cccc2ccccc12. The Morgan fingerprint density at radius 3 is 2.27 bits per heavy atom. The molecule has 0 bridgehead atoms. The highest BCUT2D eigenvalue weighted by Crippen LogP contribution is 2.22. The zero-order chi connectivity index (χ0) is 15.4. The number of benzene rings is 3. The van der Waals surface area contributed by atoms with E-state index in [1.807, 2.05) is 0 Å². The van der Waals surface area contributed by atoms with Crippen LogP contribution in [0.4, 0.5) is 0 Å². The smallest absolute Gasteiger partial charge is 0.103 e. The van der Waals surface area contributed by atoms with Gasteiger partial charge in [0.2, 0.25) is 0 Å². The van der Waals surface area contributed by atoms with Gasteiger partial charge in [-0.3, -0.25) is 0 Å². The summed E-state index contributed by atoms with van der Waals surface area (Å²) in [5, 5.41) is 5.79. The van der Waals surface area contributed by atoms with Gasteiger partial charge in [0.05, 0.1) is 0 Å². The van der Waals surface area contributed by atoms with Gasteiger partial charge in [-0.25, -0.2) is 0 Å². The molecular formula is C21H22Si. The van der Waals surface area contributed by atoms with Crippen LogP contribution in [0, 0.1) is 0 Å². The van der Waals surface area contributed by atoms with Crippen LogP contribution < -0.4 is 10.4 Å². The molecule has 0 nitrogen and oxygen atoms in total. The maximum absolute atomic E-state index is 4.06. The number of allylic oxidation sites excluding steroid dienone is 1. The van der Waals surface area contributed by atoms with Crippen LogP contribution in [0.1, 0.15) is 6.92 Å². The second-order valence-electron chi connectivity index (χ2n) is 5.82. The van der Waals surface area contributed by atoms with E-state index in [-0.39, 0.29) is 0 Å². The van der Waals surface area contributed by atoms with Crippen LogP contribution in [0.15, 0.2) is 85.5 Å². The molecule has 0 aliphatic heterocycles. The Morgan fingerprint density at radius 2 is 1.55 bits per heavy atom. The van der Waals surface area contributed by atoms with E-state index in [9.17, 15) is 0 Å². The molecule has 1 heteroatoms. The van der Waals surface area contributed by atoms with Crippen molar-refractivity contribution in [2.45, 2.75) is 19.0 Å². The summed E-state index contributed by atoms with van der Waals surface area (Å²) in [4.78, 5) is 0. The van der Waals surface area contributed by atoms with E-state index in [2.05, 4.69) is 92.4 Å². The zero-order valence-electron chi connectivity index (χ0n) is 13.1. The summed E-state index contributed by atoms with van der Waals surface area (Å²) in [6, 6.07) is 28.9. The molecule has 0 aliphatic rings. The number of hydrogen-bond acceptors (Lipinski definition) is 0. The predicted molar refractivity (Wildman–Crippen MR) is 101 cm³/mol. The van der Waals surface area contributed by atoms with E-state index < -0.39 is 8.07 Å². The van der Waals surface area contributed by atoms with Crippen LogP contribution in [0.25, 0.3) is 10.8 Å². The molecular weight excluding hydrogens is 280 g/mol. The average molecular weight is 302 g/mol. The van der Waals surface area contributed by atoms with Gasteiger partial charge in [0.1, 0.15) is 8.07 Å². The zero-order valence-corrected chi connectivity index (χ0v) is 14.1. The largest absolute Gasteiger partial charge is 0.122 e. The van der Waals surface area contributed by atoms with Crippen molar-refractivity contribution in [3.63, 3.8) is 0 Å². The fraction of sp³-hybridized carbons (Fsp3) is 0.143. The van der Waals surface area contributed by atoms with Gasteiger partial charge in [-0.05, 0) is 22.0 Å². The quantitative estimate of drug-likeness (QED) is 0.477. The van der Waals surface area contributed by atoms with Gasteiger partial charge in [-0.2, -0.15) is 0 Å². The molecule has 3 aromatic carbocycles. The van der Waals surface area contributed by atoms with Crippen LogP contribution in [0.2, 0.25) is 12.1 Å². The number of hydrogen-bond donors (Lipinski definition) is 0. The fourth-order valence-corrected chi connectivity index (χ4v) is 7.89. The molecule has 0 fully saturated rings. The Morgan fingerprint density at radius 1 is 0.864 bits per heavy atom. The number of rotatable bonds is 5. The summed E-state index contributed by atoms with van der Waals surface area (Å²) >= 11 is 0. The highest BCUT2D eigenvalue weighted by molar-refractivity contribution is 7.03. The first-order valence-corrected chi connectivity index (χ1v) is 10.4. The summed E-state index contributed by atoms with van der Waals surface area (Å²) in [7, 11) is -1.80. The van der Waals surface area contributed by atoms with E-state index >= 15 is 0 Å². The maximum Gasteiger partial charge on any atom is 0.122 e. The molecule has 0 saturated carbocycles. The van der Waals surface area contributed by atoms with Gasteiger partial charge in [0, 0.05) is 0 Å². The van der Waals surface area contributed by atoms with Crippen molar-refractivity contribution in [1.29, 1.82) is 0 Å². The second kappa shape index (κ2) is 6.33. The standard InChI is InChI=1S/C21H22Si/c1-3-17-22(4-2,19-13-6-5-7-14-19)21-16-10-12-18-11-8-9-15-20(18)21/h3,5-16H,1,4,17H2,2H3. The summed E-state index contributed by atoms with van der Waals surface area (Å²) in [5.41, 5.74) is 0. The molecule has 0 amide bonds. The van der Waals surface area contributed by atoms with Crippen LogP contribution in [0.5, 0.6) is 0 Å². The summed E-state index contributed by atoms with van der Waals surface area (Å²) in [6.45, 7) is 6.40. The van der Waals surface area contributed by atoms with E-state index in [0.29, 0.717) is 0 Å². The Balaban J connectivity index is 2.32. The molecule has 0 radical (unpaired) electrons. The second-order valence-corrected chi connectivity index (χ2v) is 10.2. The molecule has 3 aromatic rings. The van der Waals surface area contributed by atoms with Crippen molar-refractivity contribution in [2.24, 2.45) is 0 Å². The van der Waals surface area contributed by atoms with Crippen molar-refractivity contribution in [3.8, 4) is 0 Å². The third-order valence-electron chi connectivity index (χ3n) is 4.73. The molecule has 0 heterocycles. The molecule has 0 aliphatic carbocycles. The fourth-order valence-electron chi connectivity index (χ4n) is 3.57.